The largest absolute Gasteiger partial charge is 0.490 e. The van der Waals surface area contributed by atoms with Gasteiger partial charge in [0.1, 0.15) is 5.82 Å². The zero-order valence-electron chi connectivity index (χ0n) is 15.1. The Labute approximate surface area is 168 Å². The van der Waals surface area contributed by atoms with E-state index in [2.05, 4.69) is 4.90 Å². The van der Waals surface area contributed by atoms with E-state index in [0.717, 1.165) is 37.4 Å². The number of carbonyl (C=O) groups excluding carboxylic acids is 1. The Bertz CT molecular complexity index is 855. The third-order valence-corrected chi connectivity index (χ3v) is 5.57. The zero-order valence-corrected chi connectivity index (χ0v) is 15.9. The van der Waals surface area contributed by atoms with E-state index in [4.69, 9.17) is 9.90 Å². The summed E-state index contributed by atoms with van der Waals surface area (Å²) in [5.74, 6) is -2.19. The van der Waals surface area contributed by atoms with Gasteiger partial charge in [-0.05, 0) is 29.1 Å². The lowest BCUT2D eigenvalue weighted by molar-refractivity contribution is -0.192. The second-order valence-electron chi connectivity index (χ2n) is 6.92. The smallest absolute Gasteiger partial charge is 0.475 e. The number of anilines is 1. The molecule has 29 heavy (non-hydrogen) atoms. The Kier molecular flexibility index (Phi) is 6.23. The predicted molar refractivity (Wildman–Crippen MR) is 99.0 cm³/mol. The second kappa shape index (κ2) is 8.50. The van der Waals surface area contributed by atoms with Gasteiger partial charge in [0.05, 0.1) is 11.6 Å². The van der Waals surface area contributed by atoms with Gasteiger partial charge in [0.25, 0.3) is 0 Å². The summed E-state index contributed by atoms with van der Waals surface area (Å²) >= 11 is 1.63. The van der Waals surface area contributed by atoms with Crippen molar-refractivity contribution in [2.45, 2.75) is 12.7 Å². The van der Waals surface area contributed by atoms with Crippen molar-refractivity contribution in [3.63, 3.8) is 0 Å². The van der Waals surface area contributed by atoms with Crippen molar-refractivity contribution in [1.82, 2.24) is 4.90 Å². The summed E-state index contributed by atoms with van der Waals surface area (Å²) in [6.45, 7) is 3.36. The quantitative estimate of drug-likeness (QED) is 0.756. The minimum absolute atomic E-state index is 0.111. The summed E-state index contributed by atoms with van der Waals surface area (Å²) in [7, 11) is 0. The number of carbonyl (C=O) groups is 2. The maximum Gasteiger partial charge on any atom is 0.490 e. The minimum Gasteiger partial charge on any atom is -0.475 e. The Hall–Kier alpha value is -2.46. The van der Waals surface area contributed by atoms with Crippen LogP contribution in [0.25, 0.3) is 0 Å². The third-order valence-electron chi connectivity index (χ3n) is 4.90. The van der Waals surface area contributed by atoms with Crippen molar-refractivity contribution >= 4 is 28.9 Å². The van der Waals surface area contributed by atoms with E-state index in [1.807, 2.05) is 33.9 Å². The highest BCUT2D eigenvalue weighted by molar-refractivity contribution is 7.08. The monoisotopic (exact) mass is 430 g/mol. The van der Waals surface area contributed by atoms with Crippen LogP contribution in [0.3, 0.4) is 0 Å². The maximum atomic E-state index is 13.0. The number of amides is 1. The number of aliphatic carboxylic acids is 1. The van der Waals surface area contributed by atoms with Gasteiger partial charge in [-0.3, -0.25) is 9.69 Å². The van der Waals surface area contributed by atoms with Crippen molar-refractivity contribution in [1.29, 1.82) is 0 Å². The van der Waals surface area contributed by atoms with Gasteiger partial charge in [0, 0.05) is 37.5 Å². The van der Waals surface area contributed by atoms with Gasteiger partial charge in [-0.15, -0.1) is 0 Å². The van der Waals surface area contributed by atoms with Gasteiger partial charge in [-0.2, -0.15) is 24.5 Å². The molecule has 4 rings (SSSR count). The van der Waals surface area contributed by atoms with Gasteiger partial charge in [-0.25, -0.2) is 9.18 Å². The Morgan fingerprint density at radius 1 is 1.14 bits per heavy atom. The molecule has 0 unspecified atom stereocenters. The highest BCUT2D eigenvalue weighted by Gasteiger charge is 2.46. The molecular formula is C19H18F4N2O3S. The van der Waals surface area contributed by atoms with Crippen LogP contribution in [-0.2, 0) is 16.1 Å². The van der Waals surface area contributed by atoms with E-state index in [-0.39, 0.29) is 17.6 Å². The first-order valence-corrected chi connectivity index (χ1v) is 9.70. The standard InChI is InChI=1S/C17H17FN2OS.C2HF3O2/c18-14-3-1-12(2-4-14)7-19-8-13-9-20(15-5-6-22-11-15)17(21)16(13)10-19;3-2(4,5)1(6)7/h1-6,11,13,16H,7-10H2;(H,6,7)/t13-,16-;/m0./s1. The molecule has 2 fully saturated rings. The highest BCUT2D eigenvalue weighted by Crippen LogP contribution is 2.36. The van der Waals surface area contributed by atoms with Crippen LogP contribution in [0.5, 0.6) is 0 Å². The maximum absolute atomic E-state index is 13.0. The van der Waals surface area contributed by atoms with Crippen LogP contribution in [-0.4, -0.2) is 47.7 Å². The molecule has 2 aliphatic rings. The molecule has 10 heteroatoms. The van der Waals surface area contributed by atoms with Gasteiger partial charge in [0.2, 0.25) is 5.91 Å². The molecule has 2 saturated heterocycles. The van der Waals surface area contributed by atoms with Gasteiger partial charge < -0.3 is 10.0 Å². The third kappa shape index (κ3) is 5.13. The predicted octanol–water partition coefficient (Wildman–Crippen LogP) is 3.62. The molecule has 0 spiro atoms. The molecule has 156 valence electrons. The van der Waals surface area contributed by atoms with Crippen LogP contribution in [0.2, 0.25) is 0 Å². The molecule has 0 bridgehead atoms. The number of likely N-dealkylation sites (tertiary alicyclic amines) is 1. The number of alkyl halides is 3. The fourth-order valence-electron chi connectivity index (χ4n) is 3.57. The Balaban J connectivity index is 0.000000298. The summed E-state index contributed by atoms with van der Waals surface area (Å²) < 4.78 is 44.7. The topological polar surface area (TPSA) is 60.9 Å². The van der Waals surface area contributed by atoms with Crippen molar-refractivity contribution < 1.29 is 32.3 Å². The van der Waals surface area contributed by atoms with Crippen LogP contribution in [0.1, 0.15) is 5.56 Å². The lowest BCUT2D eigenvalue weighted by atomic mass is 10.0. The van der Waals surface area contributed by atoms with Crippen molar-refractivity contribution in [3.05, 3.63) is 52.5 Å². The molecule has 0 radical (unpaired) electrons. The Morgan fingerprint density at radius 3 is 2.31 bits per heavy atom. The molecule has 5 nitrogen and oxygen atoms in total. The lowest BCUT2D eigenvalue weighted by Crippen LogP contribution is -2.32. The number of carboxylic acids is 1. The number of halogens is 4. The van der Waals surface area contributed by atoms with Crippen LogP contribution in [0, 0.1) is 17.7 Å². The molecule has 2 atom stereocenters. The van der Waals surface area contributed by atoms with Crippen molar-refractivity contribution in [3.8, 4) is 0 Å². The molecular weight excluding hydrogens is 412 g/mol. The first kappa shape index (κ1) is 21.3. The van der Waals surface area contributed by atoms with E-state index in [0.29, 0.717) is 5.92 Å². The van der Waals surface area contributed by atoms with Gasteiger partial charge in [0.15, 0.2) is 0 Å². The number of carboxylic acid groups (broad SMARTS) is 1. The molecule has 0 saturated carbocycles. The number of fused-ring (bicyclic) bond motifs is 1. The van der Waals surface area contributed by atoms with E-state index in [9.17, 15) is 22.4 Å². The summed E-state index contributed by atoms with van der Waals surface area (Å²) in [4.78, 5) is 25.7. The fourth-order valence-corrected chi connectivity index (χ4v) is 4.21. The first-order valence-electron chi connectivity index (χ1n) is 8.75. The number of nitrogens with zero attached hydrogens (tertiary/aromatic N) is 2. The average Bonchev–Trinajstić information content (AvgIpc) is 3.35. The van der Waals surface area contributed by atoms with Crippen LogP contribution in [0.4, 0.5) is 23.2 Å². The van der Waals surface area contributed by atoms with Crippen LogP contribution >= 0.6 is 11.3 Å². The van der Waals surface area contributed by atoms with Crippen molar-refractivity contribution in [2.24, 2.45) is 11.8 Å². The van der Waals surface area contributed by atoms with Gasteiger partial charge >= 0.3 is 12.1 Å². The van der Waals surface area contributed by atoms with E-state index < -0.39 is 12.1 Å². The molecule has 3 heterocycles. The lowest BCUT2D eigenvalue weighted by Gasteiger charge is -2.21. The molecule has 1 N–H and O–H groups in total. The number of hydrogen-bond donors (Lipinski definition) is 1. The number of thiophene rings is 1. The summed E-state index contributed by atoms with van der Waals surface area (Å²) in [6, 6.07) is 8.65. The summed E-state index contributed by atoms with van der Waals surface area (Å²) in [5, 5.41) is 11.2. The summed E-state index contributed by atoms with van der Waals surface area (Å²) in [6.07, 6.45) is -5.08. The molecule has 2 aliphatic heterocycles. The first-order chi connectivity index (χ1) is 13.6. The molecule has 0 aliphatic carbocycles. The highest BCUT2D eigenvalue weighted by atomic mass is 32.1. The van der Waals surface area contributed by atoms with E-state index >= 15 is 0 Å². The number of rotatable bonds is 3. The molecule has 2 aromatic rings. The van der Waals surface area contributed by atoms with Crippen LogP contribution < -0.4 is 4.90 Å². The van der Waals surface area contributed by atoms with Crippen molar-refractivity contribution in [2.75, 3.05) is 24.5 Å². The fraction of sp³-hybridized carbons (Fsp3) is 0.368. The SMILES string of the molecule is O=C(O)C(F)(F)F.O=C1[C@H]2CN(Cc3ccc(F)cc3)C[C@H]2CN1c1ccsc1. The van der Waals surface area contributed by atoms with E-state index in [1.165, 1.54) is 12.1 Å². The van der Waals surface area contributed by atoms with E-state index in [1.54, 1.807) is 11.3 Å². The molecule has 1 aromatic heterocycles. The number of benzene rings is 1. The molecule has 1 amide bonds. The zero-order chi connectivity index (χ0) is 21.2. The minimum atomic E-state index is -5.08. The molecule has 1 aromatic carbocycles. The Morgan fingerprint density at radius 2 is 1.79 bits per heavy atom. The number of hydrogen-bond acceptors (Lipinski definition) is 4. The second-order valence-corrected chi connectivity index (χ2v) is 7.70. The van der Waals surface area contributed by atoms with Crippen LogP contribution in [0.15, 0.2) is 41.1 Å². The van der Waals surface area contributed by atoms with Gasteiger partial charge in [-0.1, -0.05) is 12.1 Å². The normalized spacial score (nSPS) is 21.7. The average molecular weight is 430 g/mol. The summed E-state index contributed by atoms with van der Waals surface area (Å²) in [5.41, 5.74) is 2.14.